The number of ether oxygens (including phenoxy) is 2. The van der Waals surface area contributed by atoms with E-state index in [-0.39, 0.29) is 11.8 Å². The third-order valence-electron chi connectivity index (χ3n) is 5.70. The van der Waals surface area contributed by atoms with Gasteiger partial charge in [-0.05, 0) is 66.2 Å². The topological polar surface area (TPSA) is 86.7 Å². The lowest BCUT2D eigenvalue weighted by Gasteiger charge is -2.51. The van der Waals surface area contributed by atoms with Crippen molar-refractivity contribution in [2.75, 3.05) is 7.11 Å². The summed E-state index contributed by atoms with van der Waals surface area (Å²) in [5, 5.41) is 0. The van der Waals surface area contributed by atoms with E-state index in [9.17, 15) is 19.2 Å². The summed E-state index contributed by atoms with van der Waals surface area (Å²) in [6.45, 7) is 6.37. The van der Waals surface area contributed by atoms with Crippen LogP contribution in [0, 0.1) is 16.7 Å². The molecule has 1 unspecified atom stereocenters. The van der Waals surface area contributed by atoms with Crippen LogP contribution in [0.4, 0.5) is 0 Å². The first-order valence-electron chi connectivity index (χ1n) is 8.82. The van der Waals surface area contributed by atoms with Gasteiger partial charge in [0.05, 0.1) is 12.5 Å². The van der Waals surface area contributed by atoms with Gasteiger partial charge >= 0.3 is 11.9 Å². The molecule has 0 aliphatic heterocycles. The molecule has 6 nitrogen and oxygen atoms in total. The molecule has 2 bridgehead atoms. The van der Waals surface area contributed by atoms with Gasteiger partial charge in [-0.25, -0.2) is 0 Å². The average molecular weight is 352 g/mol. The molecule has 0 amide bonds. The van der Waals surface area contributed by atoms with Crippen LogP contribution in [-0.2, 0) is 28.7 Å². The molecule has 3 aliphatic carbocycles. The summed E-state index contributed by atoms with van der Waals surface area (Å²) in [6.07, 6.45) is 3.20. The zero-order chi connectivity index (χ0) is 19.0. The van der Waals surface area contributed by atoms with Crippen molar-refractivity contribution in [1.82, 2.24) is 0 Å². The molecule has 0 spiro atoms. The molecule has 3 fully saturated rings. The molecular formula is C19H28O6. The van der Waals surface area contributed by atoms with Crippen LogP contribution in [0.1, 0.15) is 66.2 Å². The SMILES string of the molecule is COC(=O)C12CCC(C(=O)C(C(C)=O)C(=O)OC(C)(C)C)(CC1)CC2. The third kappa shape index (κ3) is 3.62. The fraction of sp³-hybridized carbons (Fsp3) is 0.789. The van der Waals surface area contributed by atoms with Crippen molar-refractivity contribution in [2.45, 2.75) is 71.8 Å². The highest BCUT2D eigenvalue weighted by molar-refractivity contribution is 6.18. The van der Waals surface area contributed by atoms with Gasteiger partial charge < -0.3 is 9.47 Å². The van der Waals surface area contributed by atoms with E-state index in [1.54, 1.807) is 20.8 Å². The smallest absolute Gasteiger partial charge is 0.324 e. The molecular weight excluding hydrogens is 324 g/mol. The number of rotatable bonds is 5. The van der Waals surface area contributed by atoms with Crippen LogP contribution in [-0.4, -0.2) is 36.2 Å². The molecule has 0 heterocycles. The Labute approximate surface area is 148 Å². The zero-order valence-corrected chi connectivity index (χ0v) is 15.8. The van der Waals surface area contributed by atoms with Gasteiger partial charge in [-0.3, -0.25) is 19.2 Å². The Bertz CT molecular complexity index is 573. The van der Waals surface area contributed by atoms with Crippen molar-refractivity contribution >= 4 is 23.5 Å². The van der Waals surface area contributed by atoms with Crippen LogP contribution in [0.5, 0.6) is 0 Å². The van der Waals surface area contributed by atoms with Crippen molar-refractivity contribution in [3.05, 3.63) is 0 Å². The van der Waals surface area contributed by atoms with Crippen LogP contribution in [0.3, 0.4) is 0 Å². The second kappa shape index (κ2) is 6.54. The summed E-state index contributed by atoms with van der Waals surface area (Å²) >= 11 is 0. The highest BCUT2D eigenvalue weighted by Gasteiger charge is 2.58. The van der Waals surface area contributed by atoms with E-state index in [4.69, 9.17) is 9.47 Å². The van der Waals surface area contributed by atoms with Crippen molar-refractivity contribution in [3.63, 3.8) is 0 Å². The van der Waals surface area contributed by atoms with Crippen molar-refractivity contribution < 1.29 is 28.7 Å². The number of hydrogen-bond acceptors (Lipinski definition) is 6. The second-order valence-corrected chi connectivity index (χ2v) is 8.49. The molecule has 3 rings (SSSR count). The number of hydrogen-bond donors (Lipinski definition) is 0. The molecule has 0 saturated heterocycles. The number of fused-ring (bicyclic) bond motifs is 3. The molecule has 0 N–H and O–H groups in total. The van der Waals surface area contributed by atoms with Crippen LogP contribution in [0.2, 0.25) is 0 Å². The largest absolute Gasteiger partial charge is 0.469 e. The Morgan fingerprint density at radius 2 is 1.32 bits per heavy atom. The number of methoxy groups -OCH3 is 1. The van der Waals surface area contributed by atoms with Crippen LogP contribution >= 0.6 is 0 Å². The lowest BCUT2D eigenvalue weighted by Crippen LogP contribution is -2.53. The summed E-state index contributed by atoms with van der Waals surface area (Å²) < 4.78 is 10.2. The van der Waals surface area contributed by atoms with E-state index in [1.165, 1.54) is 14.0 Å². The predicted octanol–water partition coefficient (Wildman–Crippen LogP) is 2.62. The first-order valence-corrected chi connectivity index (χ1v) is 8.82. The van der Waals surface area contributed by atoms with Gasteiger partial charge in [-0.1, -0.05) is 0 Å². The summed E-state index contributed by atoms with van der Waals surface area (Å²) in [7, 11) is 1.38. The predicted molar refractivity (Wildman–Crippen MR) is 89.6 cm³/mol. The molecule has 1 atom stereocenters. The molecule has 3 saturated carbocycles. The molecule has 140 valence electrons. The van der Waals surface area contributed by atoms with E-state index < -0.39 is 34.1 Å². The lowest BCUT2D eigenvalue weighted by molar-refractivity contribution is -0.173. The van der Waals surface area contributed by atoms with E-state index in [1.807, 2.05) is 0 Å². The maximum Gasteiger partial charge on any atom is 0.324 e. The van der Waals surface area contributed by atoms with E-state index in [0.717, 1.165) is 0 Å². The minimum atomic E-state index is -1.37. The molecule has 25 heavy (non-hydrogen) atoms. The summed E-state index contributed by atoms with van der Waals surface area (Å²) in [4.78, 5) is 49.7. The summed E-state index contributed by atoms with van der Waals surface area (Å²) in [5.74, 6) is -3.18. The normalized spacial score (nSPS) is 29.6. The fourth-order valence-corrected chi connectivity index (χ4v) is 4.20. The lowest BCUT2D eigenvalue weighted by atomic mass is 9.51. The Kier molecular flexibility index (Phi) is 5.13. The van der Waals surface area contributed by atoms with Crippen molar-refractivity contribution in [2.24, 2.45) is 16.7 Å². The highest BCUT2D eigenvalue weighted by Crippen LogP contribution is 2.58. The average Bonchev–Trinajstić information content (AvgIpc) is 2.53. The van der Waals surface area contributed by atoms with Crippen LogP contribution in [0.25, 0.3) is 0 Å². The number of carbonyl (C=O) groups is 4. The molecule has 6 heteroatoms. The molecule has 0 aromatic rings. The minimum Gasteiger partial charge on any atom is -0.469 e. The van der Waals surface area contributed by atoms with Gasteiger partial charge in [0.2, 0.25) is 0 Å². The van der Waals surface area contributed by atoms with Crippen molar-refractivity contribution in [1.29, 1.82) is 0 Å². The van der Waals surface area contributed by atoms with Crippen LogP contribution < -0.4 is 0 Å². The van der Waals surface area contributed by atoms with Gasteiger partial charge in [0.1, 0.15) is 5.60 Å². The van der Waals surface area contributed by atoms with E-state index in [0.29, 0.717) is 38.5 Å². The number of esters is 2. The minimum absolute atomic E-state index is 0.219. The van der Waals surface area contributed by atoms with Gasteiger partial charge in [0.25, 0.3) is 0 Å². The number of ketones is 2. The Balaban J connectivity index is 2.20. The zero-order valence-electron chi connectivity index (χ0n) is 15.8. The van der Waals surface area contributed by atoms with Gasteiger partial charge in [-0.15, -0.1) is 0 Å². The molecule has 0 aromatic heterocycles. The summed E-state index contributed by atoms with van der Waals surface area (Å²) in [6, 6.07) is 0. The Hall–Kier alpha value is -1.72. The van der Waals surface area contributed by atoms with Gasteiger partial charge in [0.15, 0.2) is 17.5 Å². The third-order valence-corrected chi connectivity index (χ3v) is 5.70. The van der Waals surface area contributed by atoms with Crippen molar-refractivity contribution in [3.8, 4) is 0 Å². The van der Waals surface area contributed by atoms with Crippen LogP contribution in [0.15, 0.2) is 0 Å². The van der Waals surface area contributed by atoms with Gasteiger partial charge in [-0.2, -0.15) is 0 Å². The quantitative estimate of drug-likeness (QED) is 0.558. The van der Waals surface area contributed by atoms with E-state index >= 15 is 0 Å². The molecule has 0 radical (unpaired) electrons. The maximum atomic E-state index is 13.2. The highest BCUT2D eigenvalue weighted by atomic mass is 16.6. The second-order valence-electron chi connectivity index (χ2n) is 8.49. The first kappa shape index (κ1) is 19.6. The van der Waals surface area contributed by atoms with E-state index in [2.05, 4.69) is 0 Å². The standard InChI is InChI=1S/C19H28O6/c1-12(20)13(15(22)25-17(2,3)4)14(21)18-6-9-19(10-7-18,11-8-18)16(23)24-5/h13H,6-11H2,1-5H3. The molecule has 3 aliphatic rings. The number of carbonyl (C=O) groups excluding carboxylic acids is 4. The number of Topliss-reactive ketones (excluding diaryl/α,β-unsaturated/α-hetero) is 2. The Morgan fingerprint density at radius 3 is 1.68 bits per heavy atom. The summed E-state index contributed by atoms with van der Waals surface area (Å²) in [5.41, 5.74) is -1.97. The first-order chi connectivity index (χ1) is 11.5. The van der Waals surface area contributed by atoms with Gasteiger partial charge in [0, 0.05) is 5.41 Å². The molecule has 0 aromatic carbocycles. The fourth-order valence-electron chi connectivity index (χ4n) is 4.20. The monoisotopic (exact) mass is 352 g/mol. The maximum absolute atomic E-state index is 13.2. The Morgan fingerprint density at radius 1 is 0.880 bits per heavy atom.